The molecule has 2 N–H and O–H groups in total. The van der Waals surface area contributed by atoms with Crippen LogP contribution in [0.2, 0.25) is 0 Å². The summed E-state index contributed by atoms with van der Waals surface area (Å²) in [6.07, 6.45) is 5.28. The Morgan fingerprint density at radius 1 is 1.47 bits per heavy atom. The van der Waals surface area contributed by atoms with E-state index in [4.69, 9.17) is 5.11 Å². The van der Waals surface area contributed by atoms with Crippen LogP contribution < -0.4 is 5.32 Å². The molecule has 0 aliphatic heterocycles. The molecule has 2 rings (SSSR count). The predicted molar refractivity (Wildman–Crippen MR) is 71.1 cm³/mol. The molecule has 0 bridgehead atoms. The summed E-state index contributed by atoms with van der Waals surface area (Å²) in [4.78, 5) is 12.1. The Bertz CT molecular complexity index is 545. The molecular formula is C13H18N4O2. The van der Waals surface area contributed by atoms with Crippen molar-refractivity contribution < 1.29 is 9.90 Å². The zero-order chi connectivity index (χ0) is 13.8. The van der Waals surface area contributed by atoms with Crippen molar-refractivity contribution >= 4 is 5.91 Å². The Labute approximate surface area is 111 Å². The van der Waals surface area contributed by atoms with Crippen LogP contribution in [-0.4, -0.2) is 38.5 Å². The predicted octanol–water partition coefficient (Wildman–Crippen LogP) is 0.569. The van der Waals surface area contributed by atoms with Crippen molar-refractivity contribution in [1.29, 1.82) is 0 Å². The summed E-state index contributed by atoms with van der Waals surface area (Å²) in [5.74, 6) is 0.576. The van der Waals surface area contributed by atoms with Gasteiger partial charge in [0.1, 0.15) is 11.4 Å². The van der Waals surface area contributed by atoms with Gasteiger partial charge in [0, 0.05) is 32.6 Å². The number of carbonyl (C=O) groups excluding carboxylic acids is 1. The van der Waals surface area contributed by atoms with Gasteiger partial charge in [0.15, 0.2) is 0 Å². The minimum Gasteiger partial charge on any atom is -0.396 e. The van der Waals surface area contributed by atoms with E-state index in [2.05, 4.69) is 10.4 Å². The first kappa shape index (κ1) is 13.4. The van der Waals surface area contributed by atoms with E-state index in [-0.39, 0.29) is 18.4 Å². The van der Waals surface area contributed by atoms with E-state index in [0.29, 0.717) is 12.1 Å². The van der Waals surface area contributed by atoms with Gasteiger partial charge in [-0.2, -0.15) is 5.10 Å². The Balaban J connectivity index is 2.19. The number of hydrogen-bond acceptors (Lipinski definition) is 3. The zero-order valence-corrected chi connectivity index (χ0v) is 11.1. The number of aliphatic hydroxyl groups is 1. The molecule has 0 spiro atoms. The second-order valence-electron chi connectivity index (χ2n) is 4.59. The Morgan fingerprint density at radius 3 is 2.79 bits per heavy atom. The second-order valence-corrected chi connectivity index (χ2v) is 4.59. The molecule has 2 aromatic heterocycles. The number of nitrogens with one attached hydrogen (secondary N) is 1. The molecule has 2 aromatic rings. The number of amides is 1. The van der Waals surface area contributed by atoms with Gasteiger partial charge >= 0.3 is 0 Å². The van der Waals surface area contributed by atoms with Crippen LogP contribution in [0.4, 0.5) is 0 Å². The highest BCUT2D eigenvalue weighted by atomic mass is 16.3. The van der Waals surface area contributed by atoms with E-state index in [9.17, 15) is 4.79 Å². The fourth-order valence-electron chi connectivity index (χ4n) is 1.80. The maximum atomic E-state index is 12.1. The molecule has 2 heterocycles. The lowest BCUT2D eigenvalue weighted by Gasteiger charge is -2.10. The van der Waals surface area contributed by atoms with E-state index >= 15 is 0 Å². The van der Waals surface area contributed by atoms with Crippen LogP contribution in [0.15, 0.2) is 30.7 Å². The van der Waals surface area contributed by atoms with E-state index in [1.807, 2.05) is 36.0 Å². The van der Waals surface area contributed by atoms with E-state index in [1.165, 1.54) is 0 Å². The Hall–Kier alpha value is -2.08. The molecule has 0 aliphatic carbocycles. The van der Waals surface area contributed by atoms with E-state index in [0.717, 1.165) is 5.82 Å². The van der Waals surface area contributed by atoms with Crippen molar-refractivity contribution in [3.63, 3.8) is 0 Å². The van der Waals surface area contributed by atoms with E-state index in [1.54, 1.807) is 17.9 Å². The fourth-order valence-corrected chi connectivity index (χ4v) is 1.80. The van der Waals surface area contributed by atoms with Crippen molar-refractivity contribution in [2.45, 2.75) is 6.92 Å². The molecule has 1 unspecified atom stereocenters. The monoisotopic (exact) mass is 262 g/mol. The summed E-state index contributed by atoms with van der Waals surface area (Å²) in [6.45, 7) is 2.36. The lowest BCUT2D eigenvalue weighted by atomic mass is 10.2. The third-order valence-electron chi connectivity index (χ3n) is 2.92. The topological polar surface area (TPSA) is 72.1 Å². The third-order valence-corrected chi connectivity index (χ3v) is 2.92. The molecule has 6 nitrogen and oxygen atoms in total. The summed E-state index contributed by atoms with van der Waals surface area (Å²) < 4.78 is 3.50. The van der Waals surface area contributed by atoms with Gasteiger partial charge in [-0.15, -0.1) is 0 Å². The minimum atomic E-state index is -0.183. The molecule has 0 saturated carbocycles. The van der Waals surface area contributed by atoms with Crippen molar-refractivity contribution in [2.24, 2.45) is 13.0 Å². The molecular weight excluding hydrogens is 244 g/mol. The van der Waals surface area contributed by atoms with Crippen LogP contribution in [0.3, 0.4) is 0 Å². The zero-order valence-electron chi connectivity index (χ0n) is 11.1. The molecule has 0 fully saturated rings. The molecule has 1 amide bonds. The van der Waals surface area contributed by atoms with Crippen LogP contribution in [0.25, 0.3) is 5.82 Å². The largest absolute Gasteiger partial charge is 0.396 e. The number of aliphatic hydroxyl groups excluding tert-OH is 1. The standard InChI is InChI=1S/C13H18N4O2/c1-10(9-18)7-14-12(19)11-8-15-16(2)13(11)17-5-3-4-6-17/h3-6,8,10,18H,7,9H2,1-2H3,(H,14,19). The lowest BCUT2D eigenvalue weighted by Crippen LogP contribution is -2.30. The third kappa shape index (κ3) is 2.85. The highest BCUT2D eigenvalue weighted by Crippen LogP contribution is 2.13. The van der Waals surface area contributed by atoms with Crippen LogP contribution in [0, 0.1) is 5.92 Å². The highest BCUT2D eigenvalue weighted by molar-refractivity contribution is 5.97. The maximum absolute atomic E-state index is 12.1. The van der Waals surface area contributed by atoms with Gasteiger partial charge in [0.05, 0.1) is 6.20 Å². The number of aryl methyl sites for hydroxylation is 1. The van der Waals surface area contributed by atoms with Crippen molar-refractivity contribution in [3.05, 3.63) is 36.3 Å². The quantitative estimate of drug-likeness (QED) is 0.827. The van der Waals surface area contributed by atoms with Gasteiger partial charge < -0.3 is 15.0 Å². The van der Waals surface area contributed by atoms with Crippen molar-refractivity contribution in [3.8, 4) is 5.82 Å². The average molecular weight is 262 g/mol. The van der Waals surface area contributed by atoms with Crippen molar-refractivity contribution in [1.82, 2.24) is 19.7 Å². The lowest BCUT2D eigenvalue weighted by molar-refractivity contribution is 0.0942. The first-order chi connectivity index (χ1) is 9.13. The molecule has 102 valence electrons. The molecule has 6 heteroatoms. The number of nitrogens with zero attached hydrogens (tertiary/aromatic N) is 3. The van der Waals surface area contributed by atoms with E-state index < -0.39 is 0 Å². The average Bonchev–Trinajstić information content (AvgIpc) is 3.04. The Kier molecular flexibility index (Phi) is 4.01. The van der Waals surface area contributed by atoms with Gasteiger partial charge in [0.2, 0.25) is 0 Å². The van der Waals surface area contributed by atoms with Gasteiger partial charge in [-0.1, -0.05) is 6.92 Å². The van der Waals surface area contributed by atoms with Gasteiger partial charge in [-0.3, -0.25) is 9.48 Å². The molecule has 0 radical (unpaired) electrons. The van der Waals surface area contributed by atoms with Crippen LogP contribution in [-0.2, 0) is 7.05 Å². The van der Waals surface area contributed by atoms with Gasteiger partial charge in [-0.05, 0) is 18.1 Å². The smallest absolute Gasteiger partial charge is 0.256 e. The summed E-state index contributed by atoms with van der Waals surface area (Å²) in [7, 11) is 1.79. The minimum absolute atomic E-state index is 0.0376. The maximum Gasteiger partial charge on any atom is 0.256 e. The highest BCUT2D eigenvalue weighted by Gasteiger charge is 2.17. The second kappa shape index (κ2) is 5.71. The summed E-state index contributed by atoms with van der Waals surface area (Å²) in [5.41, 5.74) is 0.517. The number of rotatable bonds is 5. The Morgan fingerprint density at radius 2 is 2.16 bits per heavy atom. The summed E-state index contributed by atoms with van der Waals surface area (Å²) in [6, 6.07) is 3.78. The molecule has 1 atom stereocenters. The molecule has 19 heavy (non-hydrogen) atoms. The SMILES string of the molecule is CC(CO)CNC(=O)c1cnn(C)c1-n1cccc1. The van der Waals surface area contributed by atoms with Crippen LogP contribution >= 0.6 is 0 Å². The summed E-state index contributed by atoms with van der Waals surface area (Å²) >= 11 is 0. The molecule has 0 saturated heterocycles. The molecule has 0 aliphatic rings. The molecule has 0 aromatic carbocycles. The normalized spacial score (nSPS) is 12.4. The fraction of sp³-hybridized carbons (Fsp3) is 0.385. The van der Waals surface area contributed by atoms with Crippen LogP contribution in [0.1, 0.15) is 17.3 Å². The van der Waals surface area contributed by atoms with Crippen molar-refractivity contribution in [2.75, 3.05) is 13.2 Å². The first-order valence-corrected chi connectivity index (χ1v) is 6.18. The van der Waals surface area contributed by atoms with Gasteiger partial charge in [0.25, 0.3) is 5.91 Å². The number of aromatic nitrogens is 3. The first-order valence-electron chi connectivity index (χ1n) is 6.18. The summed E-state index contributed by atoms with van der Waals surface area (Å²) in [5, 5.41) is 15.9. The van der Waals surface area contributed by atoms with Crippen LogP contribution in [0.5, 0.6) is 0 Å². The number of hydrogen-bond donors (Lipinski definition) is 2. The van der Waals surface area contributed by atoms with Gasteiger partial charge in [-0.25, -0.2) is 0 Å². The number of carbonyl (C=O) groups is 1.